The first-order valence-corrected chi connectivity index (χ1v) is 7.95. The molecule has 2 N–H and O–H groups in total. The molecule has 1 fully saturated rings. The third kappa shape index (κ3) is 4.51. The quantitative estimate of drug-likeness (QED) is 0.845. The summed E-state index contributed by atoms with van der Waals surface area (Å²) in [5, 5.41) is 5.88. The van der Waals surface area contributed by atoms with Crippen molar-refractivity contribution in [3.8, 4) is 11.5 Å². The van der Waals surface area contributed by atoms with Crippen LogP contribution in [-0.4, -0.2) is 39.0 Å². The van der Waals surface area contributed by atoms with E-state index in [0.717, 1.165) is 30.8 Å². The lowest BCUT2D eigenvalue weighted by Gasteiger charge is -2.23. The molecule has 0 bridgehead atoms. The Labute approximate surface area is 137 Å². The van der Waals surface area contributed by atoms with E-state index in [9.17, 15) is 4.79 Å². The van der Waals surface area contributed by atoms with Crippen molar-refractivity contribution in [3.05, 3.63) is 23.8 Å². The van der Waals surface area contributed by atoms with E-state index in [1.807, 2.05) is 32.0 Å². The SMILES string of the molecule is COc1ccc(OC)c(C(C)NC(=O)NC(C)C2CCCO2)c1. The fourth-order valence-corrected chi connectivity index (χ4v) is 2.79. The smallest absolute Gasteiger partial charge is 0.315 e. The third-order valence-corrected chi connectivity index (χ3v) is 4.13. The molecule has 0 aliphatic carbocycles. The minimum Gasteiger partial charge on any atom is -0.497 e. The molecule has 0 saturated carbocycles. The number of amides is 2. The van der Waals surface area contributed by atoms with Crippen LogP contribution in [0.4, 0.5) is 4.79 Å². The second-order valence-corrected chi connectivity index (χ2v) is 5.79. The fourth-order valence-electron chi connectivity index (χ4n) is 2.79. The molecule has 1 saturated heterocycles. The Kier molecular flexibility index (Phi) is 6.10. The number of benzene rings is 1. The van der Waals surface area contributed by atoms with E-state index < -0.39 is 0 Å². The first kappa shape index (κ1) is 17.4. The lowest BCUT2D eigenvalue weighted by molar-refractivity contribution is 0.0859. The number of methoxy groups -OCH3 is 2. The van der Waals surface area contributed by atoms with Crippen molar-refractivity contribution in [2.45, 2.75) is 44.9 Å². The van der Waals surface area contributed by atoms with Crippen LogP contribution in [0.25, 0.3) is 0 Å². The van der Waals surface area contributed by atoms with E-state index in [1.165, 1.54) is 0 Å². The highest BCUT2D eigenvalue weighted by molar-refractivity contribution is 5.75. The topological polar surface area (TPSA) is 68.8 Å². The van der Waals surface area contributed by atoms with E-state index in [2.05, 4.69) is 10.6 Å². The van der Waals surface area contributed by atoms with Gasteiger partial charge in [0.15, 0.2) is 0 Å². The van der Waals surface area contributed by atoms with Crippen molar-refractivity contribution >= 4 is 6.03 Å². The molecule has 128 valence electrons. The van der Waals surface area contributed by atoms with Gasteiger partial charge in [-0.2, -0.15) is 0 Å². The minimum atomic E-state index is -0.217. The summed E-state index contributed by atoms with van der Waals surface area (Å²) in [6.45, 7) is 4.65. The summed E-state index contributed by atoms with van der Waals surface area (Å²) in [5.41, 5.74) is 0.867. The van der Waals surface area contributed by atoms with E-state index in [-0.39, 0.29) is 24.2 Å². The van der Waals surface area contributed by atoms with Crippen molar-refractivity contribution in [1.29, 1.82) is 0 Å². The highest BCUT2D eigenvalue weighted by Gasteiger charge is 2.24. The Morgan fingerprint density at radius 1 is 1.26 bits per heavy atom. The number of ether oxygens (including phenoxy) is 3. The maximum Gasteiger partial charge on any atom is 0.315 e. The van der Waals surface area contributed by atoms with E-state index in [1.54, 1.807) is 14.2 Å². The van der Waals surface area contributed by atoms with Gasteiger partial charge in [0.1, 0.15) is 11.5 Å². The molecule has 1 aliphatic rings. The standard InChI is InChI=1S/C17H26N2O4/c1-11(14-10-13(21-3)7-8-16(14)22-4)18-17(20)19-12(2)15-6-5-9-23-15/h7-8,10-12,15H,5-6,9H2,1-4H3,(H2,18,19,20). The highest BCUT2D eigenvalue weighted by Crippen LogP contribution is 2.29. The fraction of sp³-hybridized carbons (Fsp3) is 0.588. The Balaban J connectivity index is 1.97. The predicted molar refractivity (Wildman–Crippen MR) is 88.1 cm³/mol. The number of rotatable bonds is 6. The summed E-state index contributed by atoms with van der Waals surface area (Å²) >= 11 is 0. The zero-order chi connectivity index (χ0) is 16.8. The molecule has 2 rings (SSSR count). The second kappa shape index (κ2) is 8.06. The first-order chi connectivity index (χ1) is 11.0. The van der Waals surface area contributed by atoms with Crippen LogP contribution in [0.3, 0.4) is 0 Å². The Bertz CT molecular complexity index is 529. The Hall–Kier alpha value is -1.95. The van der Waals surface area contributed by atoms with Gasteiger partial charge in [-0.1, -0.05) is 0 Å². The molecule has 0 radical (unpaired) electrons. The molecule has 2 amide bonds. The lowest BCUT2D eigenvalue weighted by atomic mass is 10.1. The lowest BCUT2D eigenvalue weighted by Crippen LogP contribution is -2.46. The number of carbonyl (C=O) groups excluding carboxylic acids is 1. The molecule has 0 aromatic heterocycles. The predicted octanol–water partition coefficient (Wildman–Crippen LogP) is 2.63. The van der Waals surface area contributed by atoms with E-state index in [4.69, 9.17) is 14.2 Å². The largest absolute Gasteiger partial charge is 0.497 e. The van der Waals surface area contributed by atoms with Gasteiger partial charge in [-0.05, 0) is 44.9 Å². The van der Waals surface area contributed by atoms with Crippen molar-refractivity contribution < 1.29 is 19.0 Å². The Morgan fingerprint density at radius 2 is 2.04 bits per heavy atom. The second-order valence-electron chi connectivity index (χ2n) is 5.79. The molecule has 6 nitrogen and oxygen atoms in total. The minimum absolute atomic E-state index is 0.0168. The van der Waals surface area contributed by atoms with Gasteiger partial charge in [-0.3, -0.25) is 0 Å². The third-order valence-electron chi connectivity index (χ3n) is 4.13. The van der Waals surface area contributed by atoms with Gasteiger partial charge < -0.3 is 24.8 Å². The first-order valence-electron chi connectivity index (χ1n) is 7.95. The summed E-state index contributed by atoms with van der Waals surface area (Å²) < 4.78 is 16.2. The average Bonchev–Trinajstić information content (AvgIpc) is 3.08. The number of hydrogen-bond donors (Lipinski definition) is 2. The molecular formula is C17H26N2O4. The molecule has 3 atom stereocenters. The van der Waals surface area contributed by atoms with Gasteiger partial charge in [-0.25, -0.2) is 4.79 Å². The molecule has 1 heterocycles. The van der Waals surface area contributed by atoms with Crippen LogP contribution in [0, 0.1) is 0 Å². The van der Waals surface area contributed by atoms with Crippen LogP contribution in [0.15, 0.2) is 18.2 Å². The van der Waals surface area contributed by atoms with Gasteiger partial charge >= 0.3 is 6.03 Å². The highest BCUT2D eigenvalue weighted by atomic mass is 16.5. The van der Waals surface area contributed by atoms with Crippen LogP contribution < -0.4 is 20.1 Å². The molecule has 1 aromatic carbocycles. The molecule has 1 aromatic rings. The number of nitrogens with one attached hydrogen (secondary N) is 2. The van der Waals surface area contributed by atoms with Crippen LogP contribution >= 0.6 is 0 Å². The van der Waals surface area contributed by atoms with E-state index in [0.29, 0.717) is 5.75 Å². The summed E-state index contributed by atoms with van der Waals surface area (Å²) in [6.07, 6.45) is 2.14. The molecule has 3 unspecified atom stereocenters. The monoisotopic (exact) mass is 322 g/mol. The van der Waals surface area contributed by atoms with Crippen LogP contribution in [0.5, 0.6) is 11.5 Å². The number of hydrogen-bond acceptors (Lipinski definition) is 4. The van der Waals surface area contributed by atoms with E-state index >= 15 is 0 Å². The van der Waals surface area contributed by atoms with Crippen molar-refractivity contribution in [2.24, 2.45) is 0 Å². The van der Waals surface area contributed by atoms with Gasteiger partial charge in [0.05, 0.1) is 32.4 Å². The summed E-state index contributed by atoms with van der Waals surface area (Å²) in [7, 11) is 3.22. The van der Waals surface area contributed by atoms with Crippen LogP contribution in [0.2, 0.25) is 0 Å². The normalized spacial score (nSPS) is 19.7. The Morgan fingerprint density at radius 3 is 2.65 bits per heavy atom. The van der Waals surface area contributed by atoms with Crippen molar-refractivity contribution in [1.82, 2.24) is 10.6 Å². The van der Waals surface area contributed by atoms with Gasteiger partial charge in [0, 0.05) is 12.2 Å². The van der Waals surface area contributed by atoms with Crippen LogP contribution in [0.1, 0.15) is 38.3 Å². The maximum atomic E-state index is 12.2. The number of carbonyl (C=O) groups is 1. The maximum absolute atomic E-state index is 12.2. The summed E-state index contributed by atoms with van der Waals surface area (Å²) in [4.78, 5) is 12.2. The van der Waals surface area contributed by atoms with Crippen LogP contribution in [-0.2, 0) is 4.74 Å². The van der Waals surface area contributed by atoms with Gasteiger partial charge in [0.2, 0.25) is 0 Å². The number of urea groups is 1. The molecule has 6 heteroatoms. The molecule has 1 aliphatic heterocycles. The molecular weight excluding hydrogens is 296 g/mol. The molecule has 0 spiro atoms. The summed E-state index contributed by atoms with van der Waals surface area (Å²) in [5.74, 6) is 1.44. The van der Waals surface area contributed by atoms with Crippen molar-refractivity contribution in [3.63, 3.8) is 0 Å². The van der Waals surface area contributed by atoms with Gasteiger partial charge in [0.25, 0.3) is 0 Å². The zero-order valence-corrected chi connectivity index (χ0v) is 14.2. The average molecular weight is 322 g/mol. The zero-order valence-electron chi connectivity index (χ0n) is 14.2. The van der Waals surface area contributed by atoms with Crippen molar-refractivity contribution in [2.75, 3.05) is 20.8 Å². The molecule has 23 heavy (non-hydrogen) atoms. The summed E-state index contributed by atoms with van der Waals surface area (Å²) in [6, 6.07) is 5.08. The van der Waals surface area contributed by atoms with Gasteiger partial charge in [-0.15, -0.1) is 0 Å².